The van der Waals surface area contributed by atoms with E-state index in [4.69, 9.17) is 20.1 Å². The maximum absolute atomic E-state index is 14.1. The summed E-state index contributed by atoms with van der Waals surface area (Å²) >= 11 is 0. The Hall–Kier alpha value is -5.02. The third kappa shape index (κ3) is 24.3. The molecule has 0 aliphatic carbocycles. The van der Waals surface area contributed by atoms with Crippen LogP contribution in [-0.2, 0) is 9.59 Å². The van der Waals surface area contributed by atoms with Crippen LogP contribution in [0.15, 0.2) is 0 Å². The van der Waals surface area contributed by atoms with Crippen LogP contribution in [0.3, 0.4) is 0 Å². The summed E-state index contributed by atoms with van der Waals surface area (Å²) in [5, 5.41) is 77.9. The molecule has 0 aliphatic heterocycles. The van der Waals surface area contributed by atoms with Gasteiger partial charge in [-0.05, 0) is 74.9 Å². The fraction of sp³-hybridized carbons (Fsp3) is 0.633. The first-order valence-corrected chi connectivity index (χ1v) is 23.7. The molecule has 0 radical (unpaired) electrons. The van der Waals surface area contributed by atoms with E-state index in [1.165, 1.54) is 11.8 Å². The van der Waals surface area contributed by atoms with E-state index >= 15 is 0 Å². The number of benzene rings is 2. The summed E-state index contributed by atoms with van der Waals surface area (Å²) in [5.74, 6) is -3.21. The molecule has 2 aromatic rings. The second-order valence-electron chi connectivity index (χ2n) is 12.7. The van der Waals surface area contributed by atoms with Crippen molar-refractivity contribution in [2.45, 2.75) is 137 Å². The standard InChI is InChI=1S/C35H52N6O11.C2H4O2.6C2H6/c1-17-26(20(4)31(40-25(48)16-45)21(5)27(17)33(50)38-12-23(46)14-43)32(49)37-8-9-41(10-11-42)35(52)29-18(2)28(19(3)30(36-7)22(29)6)34(51)39-13-24(47)15-44;3-1-2-4;6*1-2/h23-24,36,42-47H,8-16H2,1-7H3,(H,37,49)(H,38,50)(H,39,51)(H,40,48);1,4H,2H2;6*1-2H3. The Morgan fingerprint density at radius 1 is 0.529 bits per heavy atom. The van der Waals surface area contributed by atoms with Crippen molar-refractivity contribution in [3.8, 4) is 0 Å². The molecule has 5 amide bonds. The van der Waals surface area contributed by atoms with E-state index in [1.807, 2.05) is 83.1 Å². The second-order valence-corrected chi connectivity index (χ2v) is 12.7. The SMILES string of the molecule is CC.CC.CC.CC.CC.CC.CNc1c(C)c(C(=O)NCC(O)CO)c(C)c(C(=O)N(CCO)CCNC(=O)c2c(C)c(NC(=O)CO)c(C)c(C(=O)NCC(O)CO)c2C)c1C.O=CCO. The van der Waals surface area contributed by atoms with Crippen LogP contribution >= 0.6 is 0 Å². The van der Waals surface area contributed by atoms with Crippen molar-refractivity contribution in [3.05, 3.63) is 55.6 Å². The van der Waals surface area contributed by atoms with Crippen LogP contribution in [0.2, 0.25) is 0 Å². The maximum atomic E-state index is 14.1. The lowest BCUT2D eigenvalue weighted by Crippen LogP contribution is -2.41. The lowest BCUT2D eigenvalue weighted by atomic mass is 9.89. The molecule has 0 fully saturated rings. The van der Waals surface area contributed by atoms with Crippen molar-refractivity contribution in [1.29, 1.82) is 0 Å². The summed E-state index contributed by atoms with van der Waals surface area (Å²) in [4.78, 5) is 76.7. The highest BCUT2D eigenvalue weighted by Crippen LogP contribution is 2.33. The third-order valence-electron chi connectivity index (χ3n) is 8.87. The van der Waals surface area contributed by atoms with Crippen LogP contribution in [0, 0.1) is 41.5 Å². The minimum atomic E-state index is -1.23. The number of aliphatic hydroxyl groups is 7. The van der Waals surface area contributed by atoms with Gasteiger partial charge in [-0.1, -0.05) is 83.1 Å². The molecule has 0 aliphatic rings. The van der Waals surface area contributed by atoms with Crippen LogP contribution < -0.4 is 26.6 Å². The van der Waals surface area contributed by atoms with Crippen LogP contribution in [0.5, 0.6) is 0 Å². The summed E-state index contributed by atoms with van der Waals surface area (Å²) in [7, 11) is 1.64. The van der Waals surface area contributed by atoms with Gasteiger partial charge in [-0.3, -0.25) is 24.0 Å². The van der Waals surface area contributed by atoms with Gasteiger partial charge in [-0.15, -0.1) is 0 Å². The van der Waals surface area contributed by atoms with Crippen molar-refractivity contribution >= 4 is 47.2 Å². The van der Waals surface area contributed by atoms with Gasteiger partial charge in [0.2, 0.25) is 5.91 Å². The topological polar surface area (TPSA) is 307 Å². The summed E-state index contributed by atoms with van der Waals surface area (Å²) in [5.41, 5.74) is 3.40. The van der Waals surface area contributed by atoms with Gasteiger partial charge < -0.3 is 72.0 Å². The predicted octanol–water partition coefficient (Wildman–Crippen LogP) is 3.87. The second kappa shape index (κ2) is 45.7. The molecule has 2 atom stereocenters. The zero-order valence-corrected chi connectivity index (χ0v) is 44.8. The number of aliphatic hydroxyl groups excluding tert-OH is 7. The number of rotatable bonds is 19. The Bertz CT molecular complexity index is 1740. The number of hydrogen-bond acceptors (Lipinski definition) is 14. The first-order chi connectivity index (χ1) is 32.4. The number of carbonyl (C=O) groups is 6. The van der Waals surface area contributed by atoms with Gasteiger partial charge in [-0.25, -0.2) is 0 Å². The molecule has 0 spiro atoms. The molecule has 19 nitrogen and oxygen atoms in total. The monoisotopic (exact) mass is 973 g/mol. The van der Waals surface area contributed by atoms with Gasteiger partial charge in [0.25, 0.3) is 23.6 Å². The highest BCUT2D eigenvalue weighted by Gasteiger charge is 2.29. The van der Waals surface area contributed by atoms with E-state index in [1.54, 1.807) is 41.7 Å². The molecule has 0 saturated heterocycles. The van der Waals surface area contributed by atoms with Gasteiger partial charge >= 0.3 is 0 Å². The molecule has 2 aromatic carbocycles. The average molecular weight is 973 g/mol. The Morgan fingerprint density at radius 2 is 0.868 bits per heavy atom. The van der Waals surface area contributed by atoms with E-state index in [2.05, 4.69) is 26.6 Å². The number of aldehydes is 1. The van der Waals surface area contributed by atoms with Crippen LogP contribution in [0.1, 0.15) is 158 Å². The summed E-state index contributed by atoms with van der Waals surface area (Å²) in [6.07, 6.45) is -1.98. The fourth-order valence-electron chi connectivity index (χ4n) is 6.23. The largest absolute Gasteiger partial charge is 0.395 e. The molecule has 0 aromatic heterocycles. The molecule has 0 heterocycles. The van der Waals surface area contributed by atoms with Gasteiger partial charge in [0.15, 0.2) is 0 Å². The van der Waals surface area contributed by atoms with Crippen molar-refractivity contribution in [1.82, 2.24) is 20.9 Å². The van der Waals surface area contributed by atoms with Crippen molar-refractivity contribution < 1.29 is 64.5 Å². The number of amides is 5. The van der Waals surface area contributed by atoms with E-state index in [9.17, 15) is 44.4 Å². The van der Waals surface area contributed by atoms with Gasteiger partial charge in [0.05, 0.1) is 38.6 Å². The summed E-state index contributed by atoms with van der Waals surface area (Å²) in [6, 6.07) is 0. The number of carbonyl (C=O) groups excluding carboxylic acids is 6. The lowest BCUT2D eigenvalue weighted by molar-refractivity contribution is -0.118. The summed E-state index contributed by atoms with van der Waals surface area (Å²) < 4.78 is 0. The van der Waals surface area contributed by atoms with E-state index in [-0.39, 0.29) is 72.8 Å². The molecule has 396 valence electrons. The molecule has 12 N–H and O–H groups in total. The smallest absolute Gasteiger partial charge is 0.254 e. The fourth-order valence-corrected chi connectivity index (χ4v) is 6.23. The van der Waals surface area contributed by atoms with Crippen LogP contribution in [-0.4, -0.2) is 161 Å². The van der Waals surface area contributed by atoms with Crippen molar-refractivity contribution in [3.63, 3.8) is 0 Å². The quantitative estimate of drug-likeness (QED) is 0.0890. The van der Waals surface area contributed by atoms with Crippen LogP contribution in [0.25, 0.3) is 0 Å². The van der Waals surface area contributed by atoms with E-state index < -0.39 is 68.2 Å². The normalized spacial score (nSPS) is 10.1. The number of nitrogens with zero attached hydrogens (tertiary/aromatic N) is 1. The molecule has 19 heteroatoms. The van der Waals surface area contributed by atoms with Crippen LogP contribution in [0.4, 0.5) is 11.4 Å². The Balaban J connectivity index is -0.000000535. The molecule has 0 bridgehead atoms. The highest BCUT2D eigenvalue weighted by atomic mass is 16.3. The molecule has 68 heavy (non-hydrogen) atoms. The molecule has 0 saturated carbocycles. The lowest BCUT2D eigenvalue weighted by Gasteiger charge is -2.27. The minimum Gasteiger partial charge on any atom is -0.395 e. The van der Waals surface area contributed by atoms with Crippen molar-refractivity contribution in [2.75, 3.05) is 83.4 Å². The summed E-state index contributed by atoms with van der Waals surface area (Å²) in [6.45, 7) is 30.1. The maximum Gasteiger partial charge on any atom is 0.254 e. The Labute approximate surface area is 407 Å². The molecule has 2 rings (SSSR count). The third-order valence-corrected chi connectivity index (χ3v) is 8.87. The number of hydrogen-bond donors (Lipinski definition) is 12. The van der Waals surface area contributed by atoms with Gasteiger partial charge in [0, 0.05) is 73.4 Å². The van der Waals surface area contributed by atoms with E-state index in [0.717, 1.165) is 0 Å². The van der Waals surface area contributed by atoms with Gasteiger partial charge in [0.1, 0.15) is 12.9 Å². The predicted molar refractivity (Wildman–Crippen MR) is 274 cm³/mol. The minimum absolute atomic E-state index is 0.0302. The zero-order valence-electron chi connectivity index (χ0n) is 44.8. The van der Waals surface area contributed by atoms with E-state index in [0.29, 0.717) is 39.8 Å². The average Bonchev–Trinajstić information content (AvgIpc) is 3.37. The molecular formula is C49H92N6O13. The van der Waals surface area contributed by atoms with Crippen molar-refractivity contribution in [2.24, 2.45) is 0 Å². The molecule has 2 unspecified atom stereocenters. The van der Waals surface area contributed by atoms with Gasteiger partial charge in [-0.2, -0.15) is 0 Å². The Kier molecular flexibility index (Phi) is 50.1. The molecular weight excluding hydrogens is 881 g/mol. The Morgan fingerprint density at radius 3 is 1.19 bits per heavy atom. The number of nitrogens with one attached hydrogen (secondary N) is 5. The number of anilines is 2. The highest BCUT2D eigenvalue weighted by molar-refractivity contribution is 6.08. The first-order valence-electron chi connectivity index (χ1n) is 23.7. The zero-order chi connectivity index (χ0) is 54.9. The first kappa shape index (κ1) is 74.5.